The standard InChI is InChI=1S/C27H28N2O4S/c1-18(22-16-20(32-2)12-13-24(22)33-3)28-27(31)21-9-5-7-11-25(21)34-17-26(30)29-15-14-19-8-4-6-10-23(19)29/h4-13,16,18H,14-15,17H2,1-3H3,(H,28,31). The largest absolute Gasteiger partial charge is 0.497 e. The minimum absolute atomic E-state index is 0.0413. The summed E-state index contributed by atoms with van der Waals surface area (Å²) >= 11 is 1.38. The zero-order valence-corrected chi connectivity index (χ0v) is 20.4. The van der Waals surface area contributed by atoms with Crippen molar-refractivity contribution in [1.82, 2.24) is 5.32 Å². The zero-order valence-electron chi connectivity index (χ0n) is 19.5. The van der Waals surface area contributed by atoms with E-state index in [2.05, 4.69) is 11.4 Å². The summed E-state index contributed by atoms with van der Waals surface area (Å²) in [5, 5.41) is 3.05. The molecular weight excluding hydrogens is 448 g/mol. The second-order valence-corrected chi connectivity index (χ2v) is 9.03. The van der Waals surface area contributed by atoms with E-state index in [1.165, 1.54) is 17.3 Å². The van der Waals surface area contributed by atoms with Crippen LogP contribution in [0.25, 0.3) is 0 Å². The molecule has 7 heteroatoms. The Hall–Kier alpha value is -3.45. The number of carbonyl (C=O) groups is 2. The van der Waals surface area contributed by atoms with E-state index in [0.29, 0.717) is 23.6 Å². The average molecular weight is 477 g/mol. The SMILES string of the molecule is COc1ccc(OC)c(C(C)NC(=O)c2ccccc2SCC(=O)N2CCc3ccccc32)c1. The highest BCUT2D eigenvalue weighted by Crippen LogP contribution is 2.31. The molecule has 1 aliphatic heterocycles. The second kappa shape index (κ2) is 10.7. The Balaban J connectivity index is 1.45. The van der Waals surface area contributed by atoms with Crippen LogP contribution in [0, 0.1) is 0 Å². The molecule has 3 aromatic rings. The lowest BCUT2D eigenvalue weighted by molar-refractivity contribution is -0.116. The molecule has 2 amide bonds. The highest BCUT2D eigenvalue weighted by molar-refractivity contribution is 8.00. The number of nitrogens with one attached hydrogen (secondary N) is 1. The van der Waals surface area contributed by atoms with Gasteiger partial charge in [0, 0.05) is 22.7 Å². The number of methoxy groups -OCH3 is 2. The Morgan fingerprint density at radius 1 is 1.03 bits per heavy atom. The van der Waals surface area contributed by atoms with Crippen molar-refractivity contribution in [2.75, 3.05) is 31.4 Å². The van der Waals surface area contributed by atoms with E-state index in [-0.39, 0.29) is 23.6 Å². The molecule has 1 atom stereocenters. The molecule has 0 spiro atoms. The highest BCUT2D eigenvalue weighted by Gasteiger charge is 2.25. The summed E-state index contributed by atoms with van der Waals surface area (Å²) < 4.78 is 10.8. The number of fused-ring (bicyclic) bond motifs is 1. The fraction of sp³-hybridized carbons (Fsp3) is 0.259. The van der Waals surface area contributed by atoms with E-state index < -0.39 is 0 Å². The smallest absolute Gasteiger partial charge is 0.252 e. The van der Waals surface area contributed by atoms with E-state index in [1.54, 1.807) is 20.3 Å². The van der Waals surface area contributed by atoms with Crippen molar-refractivity contribution in [3.63, 3.8) is 0 Å². The van der Waals surface area contributed by atoms with Crippen molar-refractivity contribution in [3.05, 3.63) is 83.4 Å². The molecular formula is C27H28N2O4S. The highest BCUT2D eigenvalue weighted by atomic mass is 32.2. The predicted octanol–water partition coefficient (Wildman–Crippen LogP) is 4.88. The van der Waals surface area contributed by atoms with Crippen LogP contribution in [0.4, 0.5) is 5.69 Å². The van der Waals surface area contributed by atoms with Gasteiger partial charge in [-0.05, 0) is 55.3 Å². The van der Waals surface area contributed by atoms with Gasteiger partial charge < -0.3 is 19.7 Å². The van der Waals surface area contributed by atoms with E-state index in [0.717, 1.165) is 22.6 Å². The molecule has 0 bridgehead atoms. The first-order valence-electron chi connectivity index (χ1n) is 11.1. The molecule has 1 unspecified atom stereocenters. The Bertz CT molecular complexity index is 1200. The van der Waals surface area contributed by atoms with Crippen molar-refractivity contribution in [3.8, 4) is 11.5 Å². The van der Waals surface area contributed by atoms with E-state index >= 15 is 0 Å². The van der Waals surface area contributed by atoms with Crippen LogP contribution >= 0.6 is 11.8 Å². The van der Waals surface area contributed by atoms with Crippen LogP contribution in [0.3, 0.4) is 0 Å². The number of anilines is 1. The molecule has 0 fully saturated rings. The van der Waals surface area contributed by atoms with E-state index in [9.17, 15) is 9.59 Å². The van der Waals surface area contributed by atoms with Crippen molar-refractivity contribution < 1.29 is 19.1 Å². The number of nitrogens with zero attached hydrogens (tertiary/aromatic N) is 1. The minimum Gasteiger partial charge on any atom is -0.497 e. The molecule has 4 rings (SSSR count). The second-order valence-electron chi connectivity index (χ2n) is 8.01. The number of hydrogen-bond acceptors (Lipinski definition) is 5. The third-order valence-corrected chi connectivity index (χ3v) is 6.98. The van der Waals surface area contributed by atoms with Crippen LogP contribution < -0.4 is 19.7 Å². The van der Waals surface area contributed by atoms with Crippen LogP contribution in [0.15, 0.2) is 71.6 Å². The summed E-state index contributed by atoms with van der Waals surface area (Å²) in [6.07, 6.45) is 0.872. The quantitative estimate of drug-likeness (QED) is 0.470. The number of para-hydroxylation sites is 1. The van der Waals surface area contributed by atoms with Crippen LogP contribution in [0.5, 0.6) is 11.5 Å². The first-order chi connectivity index (χ1) is 16.5. The first-order valence-corrected chi connectivity index (χ1v) is 12.1. The normalized spacial score (nSPS) is 13.2. The van der Waals surface area contributed by atoms with Gasteiger partial charge in [-0.3, -0.25) is 9.59 Å². The van der Waals surface area contributed by atoms with Gasteiger partial charge in [0.15, 0.2) is 0 Å². The van der Waals surface area contributed by atoms with Gasteiger partial charge in [0.05, 0.1) is 31.6 Å². The maximum absolute atomic E-state index is 13.2. The third-order valence-electron chi connectivity index (χ3n) is 5.92. The lowest BCUT2D eigenvalue weighted by atomic mass is 10.1. The fourth-order valence-corrected chi connectivity index (χ4v) is 5.05. The summed E-state index contributed by atoms with van der Waals surface area (Å²) in [7, 11) is 3.20. The number of carbonyl (C=O) groups excluding carboxylic acids is 2. The predicted molar refractivity (Wildman–Crippen MR) is 135 cm³/mol. The molecule has 0 aromatic heterocycles. The number of rotatable bonds is 8. The lowest BCUT2D eigenvalue weighted by Gasteiger charge is -2.20. The van der Waals surface area contributed by atoms with Gasteiger partial charge in [-0.1, -0.05) is 30.3 Å². The Kier molecular flexibility index (Phi) is 7.43. The number of amides is 2. The van der Waals surface area contributed by atoms with Gasteiger partial charge in [-0.2, -0.15) is 0 Å². The number of ether oxygens (including phenoxy) is 2. The molecule has 34 heavy (non-hydrogen) atoms. The monoisotopic (exact) mass is 476 g/mol. The van der Waals surface area contributed by atoms with Gasteiger partial charge >= 0.3 is 0 Å². The zero-order chi connectivity index (χ0) is 24.1. The molecule has 0 saturated carbocycles. The summed E-state index contributed by atoms with van der Waals surface area (Å²) in [5.41, 5.74) is 3.54. The molecule has 0 radical (unpaired) electrons. The van der Waals surface area contributed by atoms with Gasteiger partial charge in [0.25, 0.3) is 5.91 Å². The molecule has 1 N–H and O–H groups in total. The number of thioether (sulfide) groups is 1. The van der Waals surface area contributed by atoms with Gasteiger partial charge in [-0.25, -0.2) is 0 Å². The van der Waals surface area contributed by atoms with Crippen molar-refractivity contribution in [1.29, 1.82) is 0 Å². The summed E-state index contributed by atoms with van der Waals surface area (Å²) in [6.45, 7) is 2.60. The number of benzene rings is 3. The van der Waals surface area contributed by atoms with Gasteiger partial charge in [-0.15, -0.1) is 11.8 Å². The number of hydrogen-bond donors (Lipinski definition) is 1. The summed E-state index contributed by atoms with van der Waals surface area (Å²) in [6, 6.07) is 20.6. The van der Waals surface area contributed by atoms with Gasteiger partial charge in [0.1, 0.15) is 11.5 Å². The maximum Gasteiger partial charge on any atom is 0.252 e. The molecule has 0 saturated heterocycles. The topological polar surface area (TPSA) is 67.9 Å². The summed E-state index contributed by atoms with van der Waals surface area (Å²) in [4.78, 5) is 28.7. The first kappa shape index (κ1) is 23.7. The van der Waals surface area contributed by atoms with Crippen molar-refractivity contribution in [2.24, 2.45) is 0 Å². The van der Waals surface area contributed by atoms with Crippen molar-refractivity contribution >= 4 is 29.3 Å². The molecule has 0 aliphatic carbocycles. The molecule has 1 aliphatic rings. The van der Waals surface area contributed by atoms with Crippen LogP contribution in [-0.4, -0.2) is 38.3 Å². The Morgan fingerprint density at radius 3 is 2.59 bits per heavy atom. The van der Waals surface area contributed by atoms with Crippen LogP contribution in [0.1, 0.15) is 34.5 Å². The molecule has 176 valence electrons. The van der Waals surface area contributed by atoms with Crippen LogP contribution in [0.2, 0.25) is 0 Å². The van der Waals surface area contributed by atoms with E-state index in [4.69, 9.17) is 9.47 Å². The lowest BCUT2D eigenvalue weighted by Crippen LogP contribution is -2.30. The molecule has 6 nitrogen and oxygen atoms in total. The van der Waals surface area contributed by atoms with Crippen molar-refractivity contribution in [2.45, 2.75) is 24.3 Å². The Morgan fingerprint density at radius 2 is 1.79 bits per heavy atom. The average Bonchev–Trinajstić information content (AvgIpc) is 3.31. The van der Waals surface area contributed by atoms with Gasteiger partial charge in [0.2, 0.25) is 5.91 Å². The summed E-state index contributed by atoms with van der Waals surface area (Å²) in [5.74, 6) is 1.46. The molecule has 3 aromatic carbocycles. The van der Waals surface area contributed by atoms with E-state index in [1.807, 2.05) is 66.4 Å². The third kappa shape index (κ3) is 5.04. The maximum atomic E-state index is 13.2. The minimum atomic E-state index is -0.307. The molecule has 1 heterocycles. The fourth-order valence-electron chi connectivity index (χ4n) is 4.12. The van der Waals surface area contributed by atoms with Crippen LogP contribution in [-0.2, 0) is 11.2 Å². The Labute approximate surface area is 204 Å².